The molecule has 0 atom stereocenters. The summed E-state index contributed by atoms with van der Waals surface area (Å²) in [5.41, 5.74) is 7.47. The Morgan fingerprint density at radius 2 is 2.17 bits per heavy atom. The van der Waals surface area contributed by atoms with Gasteiger partial charge in [-0.1, -0.05) is 0 Å². The van der Waals surface area contributed by atoms with Crippen LogP contribution in [0.2, 0.25) is 0 Å². The fraction of sp³-hybridized carbons (Fsp3) is 0.500. The normalized spacial score (nSPS) is 20.5. The molecular formula is C14H17BrN2O. The molecule has 0 aromatic heterocycles. The summed E-state index contributed by atoms with van der Waals surface area (Å²) in [5.74, 6) is 0.855. The second kappa shape index (κ2) is 4.26. The number of nitrogens with two attached hydrogens (primary N) is 1. The first-order chi connectivity index (χ1) is 8.61. The highest BCUT2D eigenvalue weighted by atomic mass is 79.9. The van der Waals surface area contributed by atoms with Gasteiger partial charge in [0.1, 0.15) is 0 Å². The van der Waals surface area contributed by atoms with Gasteiger partial charge in [-0.25, -0.2) is 0 Å². The monoisotopic (exact) mass is 308 g/mol. The molecule has 1 amide bonds. The molecule has 0 heterocycles. The maximum absolute atomic E-state index is 12.0. The number of halogens is 1. The Hall–Kier alpha value is -1.03. The summed E-state index contributed by atoms with van der Waals surface area (Å²) in [6, 6.07) is 5.33. The first kappa shape index (κ1) is 12.0. The number of rotatable bonds is 4. The van der Waals surface area contributed by atoms with E-state index in [9.17, 15) is 4.79 Å². The number of carbonyl (C=O) groups is 1. The number of anilines is 1. The van der Waals surface area contributed by atoms with Crippen molar-refractivity contribution in [1.82, 2.24) is 5.32 Å². The van der Waals surface area contributed by atoms with Gasteiger partial charge in [0.25, 0.3) is 5.91 Å². The Morgan fingerprint density at radius 1 is 1.44 bits per heavy atom. The average Bonchev–Trinajstić information content (AvgIpc) is 3.22. The smallest absolute Gasteiger partial charge is 0.251 e. The summed E-state index contributed by atoms with van der Waals surface area (Å²) in [4.78, 5) is 12.0. The average molecular weight is 309 g/mol. The van der Waals surface area contributed by atoms with Gasteiger partial charge in [-0.15, -0.1) is 0 Å². The lowest BCUT2D eigenvalue weighted by molar-refractivity contribution is 0.0942. The van der Waals surface area contributed by atoms with Crippen LogP contribution in [0.25, 0.3) is 0 Å². The van der Waals surface area contributed by atoms with Crippen LogP contribution in [-0.4, -0.2) is 12.5 Å². The quantitative estimate of drug-likeness (QED) is 0.840. The molecule has 1 aromatic rings. The third kappa shape index (κ3) is 2.26. The van der Waals surface area contributed by atoms with Crippen LogP contribution in [0, 0.1) is 11.3 Å². The van der Waals surface area contributed by atoms with Gasteiger partial charge in [0.05, 0.1) is 0 Å². The van der Waals surface area contributed by atoms with E-state index in [1.807, 2.05) is 6.07 Å². The largest absolute Gasteiger partial charge is 0.398 e. The van der Waals surface area contributed by atoms with Crippen molar-refractivity contribution in [2.45, 2.75) is 25.7 Å². The van der Waals surface area contributed by atoms with Gasteiger partial charge in [-0.2, -0.15) is 0 Å². The molecule has 3 nitrogen and oxygen atoms in total. The Labute approximate surface area is 115 Å². The van der Waals surface area contributed by atoms with Gasteiger partial charge in [0, 0.05) is 22.3 Å². The summed E-state index contributed by atoms with van der Waals surface area (Å²) < 4.78 is 0.829. The molecular weight excluding hydrogens is 292 g/mol. The standard InChI is InChI=1S/C14H17BrN2O/c15-11-4-1-9(7-12(11)16)13(18)17-8-14(5-6-14)10-2-3-10/h1,4,7,10H,2-3,5-6,8,16H2,(H,17,18). The van der Waals surface area contributed by atoms with Crippen molar-refractivity contribution in [2.75, 3.05) is 12.3 Å². The minimum absolute atomic E-state index is 0.0128. The van der Waals surface area contributed by atoms with Crippen LogP contribution in [0.4, 0.5) is 5.69 Å². The predicted molar refractivity (Wildman–Crippen MR) is 75.3 cm³/mol. The van der Waals surface area contributed by atoms with E-state index in [-0.39, 0.29) is 5.91 Å². The van der Waals surface area contributed by atoms with Crippen molar-refractivity contribution in [2.24, 2.45) is 11.3 Å². The fourth-order valence-electron chi connectivity index (χ4n) is 2.63. The summed E-state index contributed by atoms with van der Waals surface area (Å²) in [6.45, 7) is 0.826. The zero-order chi connectivity index (χ0) is 12.8. The first-order valence-corrected chi connectivity index (χ1v) is 7.23. The Bertz CT molecular complexity index is 493. The number of nitrogen functional groups attached to an aromatic ring is 1. The second-order valence-electron chi connectivity index (χ2n) is 5.56. The zero-order valence-electron chi connectivity index (χ0n) is 10.2. The van der Waals surface area contributed by atoms with E-state index in [1.165, 1.54) is 25.7 Å². The molecule has 96 valence electrons. The topological polar surface area (TPSA) is 55.1 Å². The summed E-state index contributed by atoms with van der Waals surface area (Å²) in [5, 5.41) is 3.06. The highest BCUT2D eigenvalue weighted by molar-refractivity contribution is 9.10. The number of carbonyl (C=O) groups excluding carboxylic acids is 1. The van der Waals surface area contributed by atoms with Crippen molar-refractivity contribution < 1.29 is 4.79 Å². The highest BCUT2D eigenvalue weighted by Gasteiger charge is 2.53. The lowest BCUT2D eigenvalue weighted by Crippen LogP contribution is -2.31. The lowest BCUT2D eigenvalue weighted by atomic mass is 10.0. The molecule has 0 radical (unpaired) electrons. The third-order valence-electron chi connectivity index (χ3n) is 4.19. The van der Waals surface area contributed by atoms with Crippen molar-refractivity contribution in [3.8, 4) is 0 Å². The Morgan fingerprint density at radius 3 is 2.72 bits per heavy atom. The summed E-state index contributed by atoms with van der Waals surface area (Å²) in [7, 11) is 0. The van der Waals surface area contributed by atoms with Crippen LogP contribution in [-0.2, 0) is 0 Å². The highest BCUT2D eigenvalue weighted by Crippen LogP contribution is 2.60. The Kier molecular flexibility index (Phi) is 2.85. The molecule has 2 fully saturated rings. The van der Waals surface area contributed by atoms with Crippen LogP contribution in [0.1, 0.15) is 36.0 Å². The fourth-order valence-corrected chi connectivity index (χ4v) is 2.88. The van der Waals surface area contributed by atoms with Crippen LogP contribution >= 0.6 is 15.9 Å². The minimum atomic E-state index is -0.0128. The van der Waals surface area contributed by atoms with Crippen molar-refractivity contribution in [1.29, 1.82) is 0 Å². The SMILES string of the molecule is Nc1cc(C(=O)NCC2(C3CC3)CC2)ccc1Br. The molecule has 2 aliphatic rings. The summed E-state index contributed by atoms with van der Waals surface area (Å²) >= 11 is 3.33. The van der Waals surface area contributed by atoms with E-state index in [1.54, 1.807) is 12.1 Å². The van der Waals surface area contributed by atoms with Crippen LogP contribution < -0.4 is 11.1 Å². The van der Waals surface area contributed by atoms with Crippen molar-refractivity contribution in [3.05, 3.63) is 28.2 Å². The van der Waals surface area contributed by atoms with Gasteiger partial charge >= 0.3 is 0 Å². The van der Waals surface area contributed by atoms with E-state index in [2.05, 4.69) is 21.2 Å². The molecule has 2 saturated carbocycles. The predicted octanol–water partition coefficient (Wildman–Crippen LogP) is 2.95. The van der Waals surface area contributed by atoms with E-state index in [4.69, 9.17) is 5.73 Å². The molecule has 3 rings (SSSR count). The molecule has 0 spiro atoms. The maximum Gasteiger partial charge on any atom is 0.251 e. The Balaban J connectivity index is 1.62. The zero-order valence-corrected chi connectivity index (χ0v) is 11.8. The number of amides is 1. The maximum atomic E-state index is 12.0. The van der Waals surface area contributed by atoms with Gasteiger partial charge in [-0.3, -0.25) is 4.79 Å². The van der Waals surface area contributed by atoms with Crippen molar-refractivity contribution >= 4 is 27.5 Å². The van der Waals surface area contributed by atoms with E-state index >= 15 is 0 Å². The number of benzene rings is 1. The van der Waals surface area contributed by atoms with Crippen LogP contribution in [0.5, 0.6) is 0 Å². The third-order valence-corrected chi connectivity index (χ3v) is 4.92. The molecule has 3 N–H and O–H groups in total. The van der Waals surface area contributed by atoms with Crippen LogP contribution in [0.15, 0.2) is 22.7 Å². The second-order valence-corrected chi connectivity index (χ2v) is 6.41. The van der Waals surface area contributed by atoms with Crippen LogP contribution in [0.3, 0.4) is 0 Å². The van der Waals surface area contributed by atoms with E-state index < -0.39 is 0 Å². The molecule has 4 heteroatoms. The van der Waals surface area contributed by atoms with Gasteiger partial charge < -0.3 is 11.1 Å². The molecule has 0 unspecified atom stereocenters. The van der Waals surface area contributed by atoms with Gasteiger partial charge in [-0.05, 0) is 71.1 Å². The molecule has 1 aromatic carbocycles. The number of hydrogen-bond acceptors (Lipinski definition) is 2. The van der Waals surface area contributed by atoms with E-state index in [0.717, 1.165) is 16.9 Å². The molecule has 18 heavy (non-hydrogen) atoms. The summed E-state index contributed by atoms with van der Waals surface area (Å²) in [6.07, 6.45) is 5.25. The number of nitrogens with one attached hydrogen (secondary N) is 1. The molecule has 0 bridgehead atoms. The van der Waals surface area contributed by atoms with Crippen molar-refractivity contribution in [3.63, 3.8) is 0 Å². The first-order valence-electron chi connectivity index (χ1n) is 6.44. The number of hydrogen-bond donors (Lipinski definition) is 2. The molecule has 0 saturated heterocycles. The molecule has 0 aliphatic heterocycles. The minimum Gasteiger partial charge on any atom is -0.398 e. The lowest BCUT2D eigenvalue weighted by Gasteiger charge is -2.15. The van der Waals surface area contributed by atoms with Gasteiger partial charge in [0.2, 0.25) is 0 Å². The molecule has 2 aliphatic carbocycles. The van der Waals surface area contributed by atoms with E-state index in [0.29, 0.717) is 16.7 Å². The van der Waals surface area contributed by atoms with Gasteiger partial charge in [0.15, 0.2) is 0 Å².